The van der Waals surface area contributed by atoms with Gasteiger partial charge >= 0.3 is 0 Å². The van der Waals surface area contributed by atoms with Gasteiger partial charge < -0.3 is 20.1 Å². The van der Waals surface area contributed by atoms with Gasteiger partial charge in [-0.3, -0.25) is 4.79 Å². The van der Waals surface area contributed by atoms with E-state index in [1.54, 1.807) is 14.2 Å². The molecular weight excluding hydrogens is 348 g/mol. The normalized spacial score (nSPS) is 13.9. The molecule has 0 saturated carbocycles. The first-order valence-corrected chi connectivity index (χ1v) is 6.83. The second-order valence-corrected chi connectivity index (χ2v) is 5.24. The molecule has 7 heteroatoms. The molecule has 2 N–H and O–H groups in total. The molecule has 1 aliphatic rings. The van der Waals surface area contributed by atoms with E-state index >= 15 is 0 Å². The Balaban J connectivity index is 0.00000200. The Kier molecular flexibility index (Phi) is 6.58. The van der Waals surface area contributed by atoms with Gasteiger partial charge in [-0.25, -0.2) is 0 Å². The molecule has 0 spiro atoms. The Morgan fingerprint density at radius 2 is 2.10 bits per heavy atom. The number of methoxy groups -OCH3 is 2. The third kappa shape index (κ3) is 3.77. The van der Waals surface area contributed by atoms with Crippen LogP contribution in [-0.4, -0.2) is 33.2 Å². The van der Waals surface area contributed by atoms with E-state index in [-0.39, 0.29) is 24.2 Å². The molecule has 1 fully saturated rings. The van der Waals surface area contributed by atoms with Crippen LogP contribution in [0.2, 0.25) is 0 Å². The Bertz CT molecular complexity index is 481. The molecule has 0 aliphatic carbocycles. The van der Waals surface area contributed by atoms with Crippen LogP contribution in [0.5, 0.6) is 11.5 Å². The van der Waals surface area contributed by atoms with Gasteiger partial charge in [-0.2, -0.15) is 0 Å². The summed E-state index contributed by atoms with van der Waals surface area (Å²) in [5.74, 6) is 1.49. The topological polar surface area (TPSA) is 59.6 Å². The van der Waals surface area contributed by atoms with Gasteiger partial charge in [0.1, 0.15) is 0 Å². The number of carbonyl (C=O) groups excluding carboxylic acids is 1. The molecule has 1 aromatic rings. The summed E-state index contributed by atoms with van der Waals surface area (Å²) < 4.78 is 11.3. The first-order valence-electron chi connectivity index (χ1n) is 6.04. The van der Waals surface area contributed by atoms with Crippen molar-refractivity contribution in [1.82, 2.24) is 10.6 Å². The minimum atomic E-state index is 0. The summed E-state index contributed by atoms with van der Waals surface area (Å²) in [6, 6.07) is 3.78. The number of hydrogen-bond donors (Lipinski definition) is 2. The van der Waals surface area contributed by atoms with Crippen LogP contribution < -0.4 is 20.1 Å². The van der Waals surface area contributed by atoms with Crippen molar-refractivity contribution in [1.29, 1.82) is 0 Å². The van der Waals surface area contributed by atoms with Gasteiger partial charge in [-0.15, -0.1) is 12.4 Å². The summed E-state index contributed by atoms with van der Waals surface area (Å²) in [5.41, 5.74) is 0.963. The lowest BCUT2D eigenvalue weighted by Gasteiger charge is -2.25. The minimum absolute atomic E-state index is 0. The lowest BCUT2D eigenvalue weighted by atomic mass is 10.0. The summed E-state index contributed by atoms with van der Waals surface area (Å²) in [7, 11) is 3.18. The fourth-order valence-corrected chi connectivity index (χ4v) is 2.53. The second kappa shape index (κ2) is 7.71. The molecule has 1 amide bonds. The molecule has 1 heterocycles. The van der Waals surface area contributed by atoms with Crippen LogP contribution in [0.4, 0.5) is 0 Å². The molecule has 0 aromatic heterocycles. The Labute approximate surface area is 132 Å². The van der Waals surface area contributed by atoms with Crippen molar-refractivity contribution in [3.8, 4) is 11.5 Å². The SMILES string of the molecule is COc1cc(CNC(=O)C2CNC2)cc(Br)c1OC.Cl. The number of ether oxygens (including phenoxy) is 2. The zero-order valence-corrected chi connectivity index (χ0v) is 13.8. The van der Waals surface area contributed by atoms with Gasteiger partial charge in [0.25, 0.3) is 0 Å². The quantitative estimate of drug-likeness (QED) is 0.834. The van der Waals surface area contributed by atoms with E-state index in [0.29, 0.717) is 18.0 Å². The Morgan fingerprint density at radius 3 is 2.60 bits per heavy atom. The molecule has 112 valence electrons. The third-order valence-corrected chi connectivity index (χ3v) is 3.70. The minimum Gasteiger partial charge on any atom is -0.493 e. The average Bonchev–Trinajstić information content (AvgIpc) is 2.33. The van der Waals surface area contributed by atoms with Crippen LogP contribution >= 0.6 is 28.3 Å². The number of nitrogens with one attached hydrogen (secondary N) is 2. The molecule has 0 radical (unpaired) electrons. The fourth-order valence-electron chi connectivity index (χ4n) is 1.88. The predicted molar refractivity (Wildman–Crippen MR) is 82.7 cm³/mol. The van der Waals surface area contributed by atoms with Crippen LogP contribution in [-0.2, 0) is 11.3 Å². The largest absolute Gasteiger partial charge is 0.493 e. The van der Waals surface area contributed by atoms with Crippen LogP contribution in [0.1, 0.15) is 5.56 Å². The third-order valence-electron chi connectivity index (χ3n) is 3.11. The van der Waals surface area contributed by atoms with Crippen molar-refractivity contribution in [2.45, 2.75) is 6.54 Å². The molecule has 0 bridgehead atoms. The van der Waals surface area contributed by atoms with Gasteiger partial charge in [-0.1, -0.05) is 0 Å². The van der Waals surface area contributed by atoms with Crippen molar-refractivity contribution < 1.29 is 14.3 Å². The van der Waals surface area contributed by atoms with Crippen LogP contribution in [0.15, 0.2) is 16.6 Å². The Morgan fingerprint density at radius 1 is 1.40 bits per heavy atom. The predicted octanol–water partition coefficient (Wildman–Crippen LogP) is 1.72. The molecule has 20 heavy (non-hydrogen) atoms. The van der Waals surface area contributed by atoms with E-state index in [1.807, 2.05) is 12.1 Å². The summed E-state index contributed by atoms with van der Waals surface area (Å²) in [6.07, 6.45) is 0. The van der Waals surface area contributed by atoms with E-state index in [2.05, 4.69) is 26.6 Å². The van der Waals surface area contributed by atoms with Crippen LogP contribution in [0.25, 0.3) is 0 Å². The number of carbonyl (C=O) groups is 1. The summed E-state index contributed by atoms with van der Waals surface area (Å²) in [6.45, 7) is 2.01. The van der Waals surface area contributed by atoms with Gasteiger partial charge in [-0.05, 0) is 33.6 Å². The monoisotopic (exact) mass is 364 g/mol. The number of benzene rings is 1. The van der Waals surface area contributed by atoms with E-state index in [0.717, 1.165) is 23.1 Å². The van der Waals surface area contributed by atoms with Crippen molar-refractivity contribution in [3.63, 3.8) is 0 Å². The van der Waals surface area contributed by atoms with E-state index in [9.17, 15) is 4.79 Å². The maximum absolute atomic E-state index is 11.7. The summed E-state index contributed by atoms with van der Waals surface area (Å²) >= 11 is 3.43. The van der Waals surface area contributed by atoms with Crippen LogP contribution in [0, 0.1) is 5.92 Å². The zero-order chi connectivity index (χ0) is 13.8. The van der Waals surface area contributed by atoms with Crippen molar-refractivity contribution in [2.24, 2.45) is 5.92 Å². The highest BCUT2D eigenvalue weighted by atomic mass is 79.9. The standard InChI is InChI=1S/C13H17BrN2O3.ClH/c1-18-11-4-8(3-10(14)12(11)19-2)5-16-13(17)9-6-15-7-9;/h3-4,9,15H,5-7H2,1-2H3,(H,16,17);1H. The molecule has 1 saturated heterocycles. The number of amides is 1. The zero-order valence-electron chi connectivity index (χ0n) is 11.4. The maximum Gasteiger partial charge on any atom is 0.225 e. The van der Waals surface area contributed by atoms with Crippen molar-refractivity contribution >= 4 is 34.2 Å². The summed E-state index contributed by atoms with van der Waals surface area (Å²) in [4.78, 5) is 11.7. The van der Waals surface area contributed by atoms with E-state index < -0.39 is 0 Å². The van der Waals surface area contributed by atoms with Gasteiger partial charge in [0, 0.05) is 19.6 Å². The molecule has 0 unspecified atom stereocenters. The second-order valence-electron chi connectivity index (χ2n) is 4.39. The highest BCUT2D eigenvalue weighted by Gasteiger charge is 2.24. The van der Waals surface area contributed by atoms with Gasteiger partial charge in [0.15, 0.2) is 11.5 Å². The van der Waals surface area contributed by atoms with E-state index in [1.165, 1.54) is 0 Å². The highest BCUT2D eigenvalue weighted by Crippen LogP contribution is 2.36. The first-order chi connectivity index (χ1) is 9.15. The molecule has 5 nitrogen and oxygen atoms in total. The first kappa shape index (κ1) is 17.1. The molecule has 0 atom stereocenters. The lowest BCUT2D eigenvalue weighted by molar-refractivity contribution is -0.126. The van der Waals surface area contributed by atoms with Crippen LogP contribution in [0.3, 0.4) is 0 Å². The van der Waals surface area contributed by atoms with Gasteiger partial charge in [0.2, 0.25) is 5.91 Å². The number of hydrogen-bond acceptors (Lipinski definition) is 4. The number of rotatable bonds is 5. The van der Waals surface area contributed by atoms with Crippen molar-refractivity contribution in [3.05, 3.63) is 22.2 Å². The Hall–Kier alpha value is -0.980. The van der Waals surface area contributed by atoms with E-state index in [4.69, 9.17) is 9.47 Å². The number of halogens is 2. The molecule has 1 aromatic carbocycles. The summed E-state index contributed by atoms with van der Waals surface area (Å²) in [5, 5.41) is 6.00. The fraction of sp³-hybridized carbons (Fsp3) is 0.462. The lowest BCUT2D eigenvalue weighted by Crippen LogP contribution is -2.50. The smallest absolute Gasteiger partial charge is 0.225 e. The van der Waals surface area contributed by atoms with Gasteiger partial charge in [0.05, 0.1) is 24.6 Å². The molecular formula is C13H18BrClN2O3. The average molecular weight is 366 g/mol. The molecule has 2 rings (SSSR count). The molecule has 1 aliphatic heterocycles. The van der Waals surface area contributed by atoms with Crippen molar-refractivity contribution in [2.75, 3.05) is 27.3 Å². The maximum atomic E-state index is 11.7. The highest BCUT2D eigenvalue weighted by molar-refractivity contribution is 9.10.